The van der Waals surface area contributed by atoms with Gasteiger partial charge in [-0.05, 0) is 53.4 Å². The molecule has 168 valence electrons. The number of azo groups is 1. The van der Waals surface area contributed by atoms with E-state index in [-0.39, 0.29) is 44.2 Å². The minimum absolute atomic E-state index is 0.0135. The summed E-state index contributed by atoms with van der Waals surface area (Å²) in [4.78, 5) is 23.1. The summed E-state index contributed by atoms with van der Waals surface area (Å²) in [6, 6.07) is 4.05. The molecule has 0 heterocycles. The Bertz CT molecular complexity index is 655. The standard InChI is InChI=1S/C21H34N4O5/c1-17(26)8-10-20(3,15-22)24-25-21(4,16-23)11-9-19(27)30-14-18(2)29-13-7-6-12-28-5/h18H,6-14H2,1-5H3. The first-order valence-corrected chi connectivity index (χ1v) is 10.1. The van der Waals surface area contributed by atoms with Gasteiger partial charge in [-0.15, -0.1) is 0 Å². The van der Waals surface area contributed by atoms with Gasteiger partial charge in [0.1, 0.15) is 12.4 Å². The van der Waals surface area contributed by atoms with Crippen molar-refractivity contribution < 1.29 is 23.8 Å². The zero-order valence-corrected chi connectivity index (χ0v) is 18.8. The lowest BCUT2D eigenvalue weighted by molar-refractivity contribution is -0.147. The van der Waals surface area contributed by atoms with Gasteiger partial charge >= 0.3 is 5.97 Å². The minimum atomic E-state index is -1.27. The molecule has 0 bridgehead atoms. The van der Waals surface area contributed by atoms with Crippen LogP contribution in [0.15, 0.2) is 10.2 Å². The van der Waals surface area contributed by atoms with Crippen LogP contribution >= 0.6 is 0 Å². The quantitative estimate of drug-likeness (QED) is 0.211. The first-order valence-electron chi connectivity index (χ1n) is 10.1. The molecule has 0 fully saturated rings. The fourth-order valence-electron chi connectivity index (χ4n) is 2.21. The predicted octanol–water partition coefficient (Wildman–Crippen LogP) is 3.53. The number of hydrogen-bond donors (Lipinski definition) is 0. The molecule has 0 aromatic heterocycles. The third-order valence-corrected chi connectivity index (χ3v) is 4.38. The van der Waals surface area contributed by atoms with Crippen LogP contribution in [0.3, 0.4) is 0 Å². The monoisotopic (exact) mass is 422 g/mol. The second-order valence-corrected chi connectivity index (χ2v) is 7.74. The third-order valence-electron chi connectivity index (χ3n) is 4.38. The Kier molecular flexibility index (Phi) is 13.4. The highest BCUT2D eigenvalue weighted by Gasteiger charge is 2.29. The van der Waals surface area contributed by atoms with Crippen molar-refractivity contribution in [3.8, 4) is 12.1 Å². The van der Waals surface area contributed by atoms with Crippen LogP contribution in [-0.4, -0.2) is 55.9 Å². The molecule has 0 saturated carbocycles. The number of hydrogen-bond acceptors (Lipinski definition) is 9. The van der Waals surface area contributed by atoms with Crippen LogP contribution < -0.4 is 0 Å². The van der Waals surface area contributed by atoms with Crippen LogP contribution in [0.4, 0.5) is 0 Å². The Morgan fingerprint density at radius 1 is 1.00 bits per heavy atom. The molecule has 0 aromatic rings. The van der Waals surface area contributed by atoms with E-state index in [9.17, 15) is 20.1 Å². The van der Waals surface area contributed by atoms with Gasteiger partial charge < -0.3 is 19.0 Å². The van der Waals surface area contributed by atoms with Crippen molar-refractivity contribution in [3.05, 3.63) is 0 Å². The maximum absolute atomic E-state index is 12.0. The number of methoxy groups -OCH3 is 1. The van der Waals surface area contributed by atoms with E-state index in [0.29, 0.717) is 13.2 Å². The van der Waals surface area contributed by atoms with Gasteiger partial charge in [0.15, 0.2) is 11.1 Å². The number of rotatable bonds is 16. The number of Topliss-reactive ketones (excluding diaryl/α,β-unsaturated/α-hetero) is 1. The molecule has 0 aliphatic carbocycles. The lowest BCUT2D eigenvalue weighted by Gasteiger charge is -2.19. The van der Waals surface area contributed by atoms with Gasteiger partial charge in [0.2, 0.25) is 0 Å². The maximum Gasteiger partial charge on any atom is 0.306 e. The molecule has 0 aliphatic heterocycles. The van der Waals surface area contributed by atoms with Gasteiger partial charge in [-0.2, -0.15) is 20.8 Å². The maximum atomic E-state index is 12.0. The fraction of sp³-hybridized carbons (Fsp3) is 0.810. The molecule has 0 saturated heterocycles. The van der Waals surface area contributed by atoms with Crippen LogP contribution in [0.25, 0.3) is 0 Å². The van der Waals surface area contributed by atoms with E-state index in [1.807, 2.05) is 19.1 Å². The van der Waals surface area contributed by atoms with Crippen molar-refractivity contribution in [2.75, 3.05) is 26.9 Å². The van der Waals surface area contributed by atoms with Gasteiger partial charge in [0.25, 0.3) is 0 Å². The number of esters is 1. The first kappa shape index (κ1) is 27.6. The summed E-state index contributed by atoms with van der Waals surface area (Å²) in [6.45, 7) is 7.74. The number of carbonyl (C=O) groups is 2. The van der Waals surface area contributed by atoms with Gasteiger partial charge in [0.05, 0.1) is 18.2 Å². The highest BCUT2D eigenvalue weighted by molar-refractivity contribution is 5.75. The second kappa shape index (κ2) is 14.6. The Morgan fingerprint density at radius 3 is 2.03 bits per heavy atom. The molecule has 9 nitrogen and oxygen atoms in total. The van der Waals surface area contributed by atoms with Crippen molar-refractivity contribution >= 4 is 11.8 Å². The van der Waals surface area contributed by atoms with Crippen LogP contribution in [0.2, 0.25) is 0 Å². The summed E-state index contributed by atoms with van der Waals surface area (Å²) in [6.07, 6.45) is 2.05. The molecule has 30 heavy (non-hydrogen) atoms. The molecule has 9 heteroatoms. The van der Waals surface area contributed by atoms with E-state index in [4.69, 9.17) is 14.2 Å². The fourth-order valence-corrected chi connectivity index (χ4v) is 2.21. The van der Waals surface area contributed by atoms with Crippen LogP contribution in [-0.2, 0) is 23.8 Å². The van der Waals surface area contributed by atoms with E-state index >= 15 is 0 Å². The molecule has 0 aliphatic rings. The lowest BCUT2D eigenvalue weighted by Crippen LogP contribution is -2.26. The average molecular weight is 423 g/mol. The average Bonchev–Trinajstić information content (AvgIpc) is 2.73. The Morgan fingerprint density at radius 2 is 1.53 bits per heavy atom. The molecule has 0 rings (SSSR count). The zero-order valence-electron chi connectivity index (χ0n) is 18.8. The summed E-state index contributed by atoms with van der Waals surface area (Å²) in [5.74, 6) is -0.508. The largest absolute Gasteiger partial charge is 0.463 e. The molecule has 0 aromatic carbocycles. The number of carbonyl (C=O) groups excluding carboxylic acids is 2. The summed E-state index contributed by atoms with van der Waals surface area (Å²) in [5.41, 5.74) is -2.46. The number of nitrogens with zero attached hydrogens (tertiary/aromatic N) is 4. The zero-order chi connectivity index (χ0) is 23.0. The summed E-state index contributed by atoms with van der Waals surface area (Å²) < 4.78 is 15.7. The van der Waals surface area contributed by atoms with Crippen molar-refractivity contribution in [1.29, 1.82) is 10.5 Å². The van der Waals surface area contributed by atoms with Gasteiger partial charge in [0, 0.05) is 33.2 Å². The third kappa shape index (κ3) is 13.0. The molecule has 3 unspecified atom stereocenters. The molecule has 0 spiro atoms. The predicted molar refractivity (Wildman–Crippen MR) is 110 cm³/mol. The topological polar surface area (TPSA) is 134 Å². The normalized spacial score (nSPS) is 16.1. The summed E-state index contributed by atoms with van der Waals surface area (Å²) in [7, 11) is 1.65. The summed E-state index contributed by atoms with van der Waals surface area (Å²) in [5, 5.41) is 26.8. The van der Waals surface area contributed by atoms with Crippen LogP contribution in [0, 0.1) is 22.7 Å². The molecule has 0 amide bonds. The second-order valence-electron chi connectivity index (χ2n) is 7.74. The van der Waals surface area contributed by atoms with E-state index in [2.05, 4.69) is 10.2 Å². The van der Waals surface area contributed by atoms with Gasteiger partial charge in [-0.3, -0.25) is 4.79 Å². The van der Waals surface area contributed by atoms with Crippen molar-refractivity contribution in [3.63, 3.8) is 0 Å². The van der Waals surface area contributed by atoms with Crippen molar-refractivity contribution in [2.45, 2.75) is 83.4 Å². The van der Waals surface area contributed by atoms with E-state index in [1.165, 1.54) is 13.8 Å². The Balaban J connectivity index is 4.48. The van der Waals surface area contributed by atoms with E-state index < -0.39 is 17.0 Å². The molecule has 0 N–H and O–H groups in total. The SMILES string of the molecule is COCCCCOC(C)COC(=O)CCC(C)(C#N)N=NC(C)(C#N)CCC(C)=O. The van der Waals surface area contributed by atoms with Crippen molar-refractivity contribution in [1.82, 2.24) is 0 Å². The first-order chi connectivity index (χ1) is 14.1. The lowest BCUT2D eigenvalue weighted by atomic mass is 9.97. The molecular formula is C21H34N4O5. The number of ether oxygens (including phenoxy) is 3. The number of ketones is 1. The van der Waals surface area contributed by atoms with Crippen LogP contribution in [0.5, 0.6) is 0 Å². The van der Waals surface area contributed by atoms with Crippen molar-refractivity contribution in [2.24, 2.45) is 10.2 Å². The number of nitriles is 2. The van der Waals surface area contributed by atoms with E-state index in [1.54, 1.807) is 14.0 Å². The minimum Gasteiger partial charge on any atom is -0.463 e. The molecule has 3 atom stereocenters. The highest BCUT2D eigenvalue weighted by Crippen LogP contribution is 2.23. The van der Waals surface area contributed by atoms with Crippen LogP contribution in [0.1, 0.15) is 66.2 Å². The summed E-state index contributed by atoms with van der Waals surface area (Å²) >= 11 is 0. The van der Waals surface area contributed by atoms with Gasteiger partial charge in [-0.25, -0.2) is 0 Å². The molecule has 0 radical (unpaired) electrons. The number of unbranched alkanes of at least 4 members (excludes halogenated alkanes) is 1. The van der Waals surface area contributed by atoms with E-state index in [0.717, 1.165) is 12.8 Å². The Labute approximate surface area is 179 Å². The van der Waals surface area contributed by atoms with Gasteiger partial charge in [-0.1, -0.05) is 0 Å². The Hall–Kier alpha value is -2.36. The highest BCUT2D eigenvalue weighted by atomic mass is 16.6. The smallest absolute Gasteiger partial charge is 0.306 e. The molecular weight excluding hydrogens is 388 g/mol.